The van der Waals surface area contributed by atoms with E-state index in [-0.39, 0.29) is 11.8 Å². The standard InChI is InChI=1S/C21H23N5O2S/c27-19(26-10-8-25(9-11-26)17-5-2-1-3-6-17)15-24-13-16(14-24)21-22-20(23-28-21)18-7-4-12-29-18/h1-7,12,16H,8-11,13-15H2. The molecule has 0 spiro atoms. The van der Waals surface area contributed by atoms with Gasteiger partial charge >= 0.3 is 0 Å². The number of thiophene rings is 1. The van der Waals surface area contributed by atoms with Crippen molar-refractivity contribution in [3.63, 3.8) is 0 Å². The first-order valence-corrected chi connectivity index (χ1v) is 10.8. The zero-order chi connectivity index (χ0) is 19.6. The molecule has 0 aliphatic carbocycles. The van der Waals surface area contributed by atoms with Gasteiger partial charge in [0.2, 0.25) is 17.6 Å². The number of carbonyl (C=O) groups excluding carboxylic acids is 1. The smallest absolute Gasteiger partial charge is 0.236 e. The van der Waals surface area contributed by atoms with Crippen molar-refractivity contribution in [2.75, 3.05) is 50.7 Å². The first-order valence-electron chi connectivity index (χ1n) is 9.94. The summed E-state index contributed by atoms with van der Waals surface area (Å²) in [5.74, 6) is 1.76. The Morgan fingerprint density at radius 2 is 1.86 bits per heavy atom. The molecule has 7 nitrogen and oxygen atoms in total. The Balaban J connectivity index is 1.08. The molecule has 2 aliphatic heterocycles. The van der Waals surface area contributed by atoms with Gasteiger partial charge in [-0.3, -0.25) is 9.69 Å². The van der Waals surface area contributed by atoms with Crippen LogP contribution in [0.1, 0.15) is 11.8 Å². The summed E-state index contributed by atoms with van der Waals surface area (Å²) in [6.07, 6.45) is 0. The lowest BCUT2D eigenvalue weighted by Gasteiger charge is -2.40. The molecule has 0 bridgehead atoms. The lowest BCUT2D eigenvalue weighted by Crippen LogP contribution is -2.54. The first kappa shape index (κ1) is 18.3. The maximum atomic E-state index is 12.7. The summed E-state index contributed by atoms with van der Waals surface area (Å²) in [5.41, 5.74) is 1.23. The lowest BCUT2D eigenvalue weighted by molar-refractivity contribution is -0.134. The van der Waals surface area contributed by atoms with E-state index in [4.69, 9.17) is 4.52 Å². The van der Waals surface area contributed by atoms with Crippen LogP contribution in [0.4, 0.5) is 5.69 Å². The number of carbonyl (C=O) groups is 1. The Labute approximate surface area is 173 Å². The highest BCUT2D eigenvalue weighted by atomic mass is 32.1. The predicted octanol–water partition coefficient (Wildman–Crippen LogP) is 2.55. The van der Waals surface area contributed by atoms with E-state index in [0.717, 1.165) is 44.1 Å². The molecule has 1 amide bonds. The van der Waals surface area contributed by atoms with Crippen LogP contribution in [0.3, 0.4) is 0 Å². The zero-order valence-corrected chi connectivity index (χ0v) is 16.9. The van der Waals surface area contributed by atoms with Gasteiger partial charge in [-0.05, 0) is 23.6 Å². The van der Waals surface area contributed by atoms with E-state index in [2.05, 4.69) is 44.2 Å². The van der Waals surface area contributed by atoms with E-state index >= 15 is 0 Å². The number of piperazine rings is 1. The molecule has 8 heteroatoms. The van der Waals surface area contributed by atoms with Crippen LogP contribution in [0, 0.1) is 0 Å². The summed E-state index contributed by atoms with van der Waals surface area (Å²) in [6, 6.07) is 14.4. The van der Waals surface area contributed by atoms with Crippen molar-refractivity contribution in [3.05, 3.63) is 53.7 Å². The molecule has 0 saturated carbocycles. The average Bonchev–Trinajstić information content (AvgIpc) is 3.43. The second kappa shape index (κ2) is 7.96. The summed E-state index contributed by atoms with van der Waals surface area (Å²) in [7, 11) is 0. The van der Waals surface area contributed by atoms with Gasteiger partial charge in [0, 0.05) is 45.0 Å². The van der Waals surface area contributed by atoms with Crippen molar-refractivity contribution in [1.29, 1.82) is 0 Å². The molecule has 2 aromatic heterocycles. The first-order chi connectivity index (χ1) is 14.3. The SMILES string of the molecule is O=C(CN1CC(c2nc(-c3cccs3)no2)C1)N1CCN(c2ccccc2)CC1. The van der Waals surface area contributed by atoms with Crippen LogP contribution in [-0.2, 0) is 4.79 Å². The van der Waals surface area contributed by atoms with Gasteiger partial charge in [0.15, 0.2) is 0 Å². The van der Waals surface area contributed by atoms with Crippen molar-refractivity contribution in [1.82, 2.24) is 19.9 Å². The number of anilines is 1. The second-order valence-corrected chi connectivity index (χ2v) is 8.48. The number of aromatic nitrogens is 2. The highest BCUT2D eigenvalue weighted by Crippen LogP contribution is 2.29. The number of nitrogens with zero attached hydrogens (tertiary/aromatic N) is 5. The number of benzene rings is 1. The van der Waals surface area contributed by atoms with E-state index in [9.17, 15) is 4.79 Å². The van der Waals surface area contributed by atoms with Crippen LogP contribution in [0.2, 0.25) is 0 Å². The summed E-state index contributed by atoms with van der Waals surface area (Å²) in [4.78, 5) is 24.7. The molecule has 0 radical (unpaired) electrons. The van der Waals surface area contributed by atoms with Crippen molar-refractivity contribution in [3.8, 4) is 10.7 Å². The number of hydrogen-bond acceptors (Lipinski definition) is 7. The Morgan fingerprint density at radius 1 is 1.07 bits per heavy atom. The minimum atomic E-state index is 0.209. The Bertz CT molecular complexity index is 945. The monoisotopic (exact) mass is 409 g/mol. The summed E-state index contributed by atoms with van der Waals surface area (Å²) < 4.78 is 5.43. The number of para-hydroxylation sites is 1. The molecule has 5 rings (SSSR count). The van der Waals surface area contributed by atoms with Crippen LogP contribution >= 0.6 is 11.3 Å². The van der Waals surface area contributed by atoms with Gasteiger partial charge in [0.25, 0.3) is 0 Å². The zero-order valence-electron chi connectivity index (χ0n) is 16.1. The van der Waals surface area contributed by atoms with Crippen molar-refractivity contribution in [2.24, 2.45) is 0 Å². The van der Waals surface area contributed by atoms with Gasteiger partial charge in [-0.15, -0.1) is 11.3 Å². The highest BCUT2D eigenvalue weighted by Gasteiger charge is 2.35. The molecule has 0 N–H and O–H groups in total. The average molecular weight is 410 g/mol. The van der Waals surface area contributed by atoms with Gasteiger partial charge in [-0.1, -0.05) is 29.4 Å². The topological polar surface area (TPSA) is 65.7 Å². The van der Waals surface area contributed by atoms with Crippen LogP contribution in [-0.4, -0.2) is 71.7 Å². The molecule has 0 unspecified atom stereocenters. The molecule has 2 aliphatic rings. The highest BCUT2D eigenvalue weighted by molar-refractivity contribution is 7.13. The van der Waals surface area contributed by atoms with Crippen molar-refractivity contribution >= 4 is 22.9 Å². The number of hydrogen-bond donors (Lipinski definition) is 0. The van der Waals surface area contributed by atoms with Gasteiger partial charge in [-0.25, -0.2) is 0 Å². The number of amides is 1. The molecule has 4 heterocycles. The molecule has 2 saturated heterocycles. The summed E-state index contributed by atoms with van der Waals surface area (Å²) in [5, 5.41) is 6.08. The van der Waals surface area contributed by atoms with E-state index in [0.29, 0.717) is 18.3 Å². The van der Waals surface area contributed by atoms with Crippen LogP contribution in [0.15, 0.2) is 52.4 Å². The molecule has 29 heavy (non-hydrogen) atoms. The third kappa shape index (κ3) is 3.90. The van der Waals surface area contributed by atoms with Crippen LogP contribution in [0.25, 0.3) is 10.7 Å². The maximum absolute atomic E-state index is 12.7. The minimum absolute atomic E-state index is 0.209. The maximum Gasteiger partial charge on any atom is 0.236 e. The van der Waals surface area contributed by atoms with E-state index in [1.807, 2.05) is 28.5 Å². The normalized spacial score (nSPS) is 18.1. The molecular formula is C21H23N5O2S. The second-order valence-electron chi connectivity index (χ2n) is 7.53. The molecule has 0 atom stereocenters. The van der Waals surface area contributed by atoms with Gasteiger partial charge in [0.1, 0.15) is 0 Å². The van der Waals surface area contributed by atoms with Gasteiger partial charge in [-0.2, -0.15) is 4.98 Å². The van der Waals surface area contributed by atoms with Gasteiger partial charge < -0.3 is 14.3 Å². The lowest BCUT2D eigenvalue weighted by atomic mass is 10.0. The Morgan fingerprint density at radius 3 is 2.59 bits per heavy atom. The Hall–Kier alpha value is -2.71. The number of likely N-dealkylation sites (tertiary alicyclic amines) is 1. The third-order valence-electron chi connectivity index (χ3n) is 5.60. The fourth-order valence-electron chi connectivity index (χ4n) is 3.91. The molecular weight excluding hydrogens is 386 g/mol. The molecule has 3 aromatic rings. The minimum Gasteiger partial charge on any atom is -0.368 e. The fraction of sp³-hybridized carbons (Fsp3) is 0.381. The van der Waals surface area contributed by atoms with Crippen LogP contribution < -0.4 is 4.90 Å². The Kier molecular flexibility index (Phi) is 5.03. The van der Waals surface area contributed by atoms with Crippen LogP contribution in [0.5, 0.6) is 0 Å². The van der Waals surface area contributed by atoms with Gasteiger partial charge in [0.05, 0.1) is 17.3 Å². The van der Waals surface area contributed by atoms with E-state index in [1.54, 1.807) is 11.3 Å². The van der Waals surface area contributed by atoms with Crippen molar-refractivity contribution < 1.29 is 9.32 Å². The molecule has 1 aromatic carbocycles. The quantitative estimate of drug-likeness (QED) is 0.645. The molecule has 150 valence electrons. The predicted molar refractivity (Wildman–Crippen MR) is 112 cm³/mol. The van der Waals surface area contributed by atoms with E-state index in [1.165, 1.54) is 5.69 Å². The third-order valence-corrected chi connectivity index (χ3v) is 6.47. The summed E-state index contributed by atoms with van der Waals surface area (Å²) >= 11 is 1.60. The van der Waals surface area contributed by atoms with E-state index < -0.39 is 0 Å². The number of rotatable bonds is 5. The largest absolute Gasteiger partial charge is 0.368 e. The summed E-state index contributed by atoms with van der Waals surface area (Å²) in [6.45, 7) is 5.37. The molecule has 2 fully saturated rings. The van der Waals surface area contributed by atoms with Crippen molar-refractivity contribution in [2.45, 2.75) is 5.92 Å². The fourth-order valence-corrected chi connectivity index (χ4v) is 4.56.